The molecule has 0 amide bonds. The number of nitrogens with zero attached hydrogens (tertiary/aromatic N) is 4. The van der Waals surface area contributed by atoms with E-state index in [-0.39, 0.29) is 29.5 Å². The van der Waals surface area contributed by atoms with E-state index in [1.165, 1.54) is 0 Å². The average Bonchev–Trinajstić information content (AvgIpc) is 3.10. The second-order valence-electron chi connectivity index (χ2n) is 5.00. The molecule has 0 saturated carbocycles. The van der Waals surface area contributed by atoms with Crippen molar-refractivity contribution in [2.75, 3.05) is 12.4 Å². The molecular formula is C16H17BrClN7O. The fourth-order valence-corrected chi connectivity index (χ4v) is 2.32. The van der Waals surface area contributed by atoms with Gasteiger partial charge in [-0.3, -0.25) is 10.1 Å². The third kappa shape index (κ3) is 4.93. The van der Waals surface area contributed by atoms with Crippen molar-refractivity contribution < 1.29 is 4.74 Å². The highest BCUT2D eigenvalue weighted by Gasteiger charge is 2.07. The summed E-state index contributed by atoms with van der Waals surface area (Å²) in [7, 11) is 1.56. The molecule has 8 nitrogen and oxygen atoms in total. The van der Waals surface area contributed by atoms with E-state index in [0.29, 0.717) is 33.8 Å². The molecule has 136 valence electrons. The largest absolute Gasteiger partial charge is 0.495 e. The number of halogens is 2. The van der Waals surface area contributed by atoms with E-state index in [9.17, 15) is 0 Å². The number of nitrogens with two attached hydrogens (primary N) is 1. The van der Waals surface area contributed by atoms with Gasteiger partial charge in [0, 0.05) is 11.9 Å². The van der Waals surface area contributed by atoms with Crippen molar-refractivity contribution in [3.8, 4) is 17.3 Å². The lowest BCUT2D eigenvalue weighted by molar-refractivity contribution is 0.415. The summed E-state index contributed by atoms with van der Waals surface area (Å²) in [4.78, 5) is 12.8. The Balaban J connectivity index is 0.00000243. The molecule has 2 heterocycles. The van der Waals surface area contributed by atoms with Gasteiger partial charge in [-0.25, -0.2) is 9.98 Å². The van der Waals surface area contributed by atoms with Crippen LogP contribution < -0.4 is 15.8 Å². The zero-order valence-electron chi connectivity index (χ0n) is 13.8. The molecule has 0 fully saturated rings. The van der Waals surface area contributed by atoms with Crippen molar-refractivity contribution >= 4 is 40.2 Å². The number of rotatable bonds is 5. The first-order chi connectivity index (χ1) is 12.2. The molecule has 3 rings (SSSR count). The lowest BCUT2D eigenvalue weighted by atomic mass is 10.3. The molecule has 26 heavy (non-hydrogen) atoms. The number of methoxy groups -OCH3 is 1. The maximum absolute atomic E-state index is 6.07. The summed E-state index contributed by atoms with van der Waals surface area (Å²) in [6.45, 7) is 0.253. The molecule has 0 radical (unpaired) electrons. The van der Waals surface area contributed by atoms with Crippen LogP contribution in [0.15, 0.2) is 47.6 Å². The van der Waals surface area contributed by atoms with E-state index in [4.69, 9.17) is 22.1 Å². The van der Waals surface area contributed by atoms with Crippen LogP contribution in [0.4, 0.5) is 5.69 Å². The Morgan fingerprint density at radius 2 is 2.19 bits per heavy atom. The van der Waals surface area contributed by atoms with Gasteiger partial charge in [-0.1, -0.05) is 17.7 Å². The summed E-state index contributed by atoms with van der Waals surface area (Å²) in [5.41, 5.74) is 7.28. The lowest BCUT2D eigenvalue weighted by Gasteiger charge is -2.08. The van der Waals surface area contributed by atoms with E-state index in [0.717, 1.165) is 0 Å². The normalized spacial score (nSPS) is 10.9. The zero-order valence-corrected chi connectivity index (χ0v) is 16.3. The molecule has 0 unspecified atom stereocenters. The van der Waals surface area contributed by atoms with E-state index in [1.807, 2.05) is 18.2 Å². The number of benzene rings is 1. The van der Waals surface area contributed by atoms with Crippen LogP contribution in [0, 0.1) is 0 Å². The second kappa shape index (κ2) is 9.16. The van der Waals surface area contributed by atoms with Gasteiger partial charge in [-0.2, -0.15) is 5.10 Å². The molecule has 0 spiro atoms. The minimum atomic E-state index is 0. The summed E-state index contributed by atoms with van der Waals surface area (Å²) >= 11 is 6.07. The molecule has 2 aromatic heterocycles. The first-order valence-corrected chi connectivity index (χ1v) is 7.76. The van der Waals surface area contributed by atoms with Crippen molar-refractivity contribution in [2.45, 2.75) is 6.54 Å². The molecule has 3 aromatic rings. The molecule has 4 N–H and O–H groups in total. The highest BCUT2D eigenvalue weighted by Crippen LogP contribution is 2.27. The number of aromatic amines is 1. The SMILES string of the molecule is Br.COc1ccc(NC(N)=NCc2nc(-c3ccccn3)n[nH]2)cc1Cl. The quantitative estimate of drug-likeness (QED) is 0.417. The summed E-state index contributed by atoms with van der Waals surface area (Å²) in [5, 5.41) is 10.4. The Kier molecular flexibility index (Phi) is 6.93. The van der Waals surface area contributed by atoms with Crippen LogP contribution >= 0.6 is 28.6 Å². The zero-order chi connectivity index (χ0) is 17.6. The predicted molar refractivity (Wildman–Crippen MR) is 107 cm³/mol. The number of aromatic nitrogens is 4. The standard InChI is InChI=1S/C16H16ClN7O.BrH/c1-25-13-6-5-10(8-11(13)17)21-16(18)20-9-14-22-15(24-23-14)12-4-2-3-7-19-12;/h2-8H,9H2,1H3,(H3,18,20,21)(H,22,23,24);1H. The molecule has 0 saturated heterocycles. The summed E-state index contributed by atoms with van der Waals surface area (Å²) < 4.78 is 5.10. The van der Waals surface area contributed by atoms with E-state index < -0.39 is 0 Å². The van der Waals surface area contributed by atoms with Gasteiger partial charge in [-0.05, 0) is 30.3 Å². The first-order valence-electron chi connectivity index (χ1n) is 7.39. The third-order valence-electron chi connectivity index (χ3n) is 3.25. The van der Waals surface area contributed by atoms with Gasteiger partial charge in [0.15, 0.2) is 11.8 Å². The number of hydrogen-bond donors (Lipinski definition) is 3. The van der Waals surface area contributed by atoms with Crippen molar-refractivity contribution in [1.82, 2.24) is 20.2 Å². The van der Waals surface area contributed by atoms with Crippen LogP contribution in [0.1, 0.15) is 5.82 Å². The van der Waals surface area contributed by atoms with Crippen molar-refractivity contribution in [3.05, 3.63) is 53.4 Å². The molecule has 1 aromatic carbocycles. The highest BCUT2D eigenvalue weighted by atomic mass is 79.9. The maximum atomic E-state index is 6.07. The first kappa shape index (κ1) is 19.7. The fourth-order valence-electron chi connectivity index (χ4n) is 2.07. The highest BCUT2D eigenvalue weighted by molar-refractivity contribution is 8.93. The molecule has 10 heteroatoms. The topological polar surface area (TPSA) is 114 Å². The van der Waals surface area contributed by atoms with Gasteiger partial charge in [0.2, 0.25) is 0 Å². The Hall–Kier alpha value is -2.65. The number of H-pyrrole nitrogens is 1. The predicted octanol–water partition coefficient (Wildman–Crippen LogP) is 3.03. The van der Waals surface area contributed by atoms with E-state index >= 15 is 0 Å². The number of ether oxygens (including phenoxy) is 1. The smallest absolute Gasteiger partial charge is 0.199 e. The summed E-state index contributed by atoms with van der Waals surface area (Å²) in [5.74, 6) is 1.92. The lowest BCUT2D eigenvalue weighted by Crippen LogP contribution is -2.22. The number of hydrogen-bond acceptors (Lipinski definition) is 5. The van der Waals surface area contributed by atoms with E-state index in [2.05, 4.69) is 30.5 Å². The maximum Gasteiger partial charge on any atom is 0.199 e. The van der Waals surface area contributed by atoms with Crippen LogP contribution in [0.5, 0.6) is 5.75 Å². The molecule has 0 aliphatic heterocycles. The van der Waals surface area contributed by atoms with Gasteiger partial charge >= 0.3 is 0 Å². The van der Waals surface area contributed by atoms with Crippen molar-refractivity contribution in [3.63, 3.8) is 0 Å². The Morgan fingerprint density at radius 1 is 1.35 bits per heavy atom. The van der Waals surface area contributed by atoms with Gasteiger partial charge in [0.05, 0.1) is 12.1 Å². The number of aliphatic imine (C=N–C) groups is 1. The monoisotopic (exact) mass is 437 g/mol. The average molecular weight is 439 g/mol. The van der Waals surface area contributed by atoms with Crippen LogP contribution in [-0.2, 0) is 6.54 Å². The third-order valence-corrected chi connectivity index (χ3v) is 3.54. The van der Waals surface area contributed by atoms with Crippen LogP contribution in [0.25, 0.3) is 11.5 Å². The van der Waals surface area contributed by atoms with Gasteiger partial charge in [0.1, 0.15) is 23.8 Å². The molecular weight excluding hydrogens is 422 g/mol. The van der Waals surface area contributed by atoms with Crippen molar-refractivity contribution in [2.24, 2.45) is 10.7 Å². The Labute approximate surface area is 165 Å². The van der Waals surface area contributed by atoms with Crippen LogP contribution in [0.3, 0.4) is 0 Å². The number of guanidine groups is 1. The van der Waals surface area contributed by atoms with Gasteiger partial charge < -0.3 is 15.8 Å². The summed E-state index contributed by atoms with van der Waals surface area (Å²) in [6.07, 6.45) is 1.69. The molecule has 0 atom stereocenters. The number of nitrogens with one attached hydrogen (secondary N) is 2. The fraction of sp³-hybridized carbons (Fsp3) is 0.125. The van der Waals surface area contributed by atoms with E-state index in [1.54, 1.807) is 31.5 Å². The van der Waals surface area contributed by atoms with Crippen molar-refractivity contribution in [1.29, 1.82) is 0 Å². The van der Waals surface area contributed by atoms with Crippen LogP contribution in [-0.4, -0.2) is 33.2 Å². The summed E-state index contributed by atoms with van der Waals surface area (Å²) in [6, 6.07) is 10.8. The minimum absolute atomic E-state index is 0. The number of anilines is 1. The second-order valence-corrected chi connectivity index (χ2v) is 5.40. The van der Waals surface area contributed by atoms with Gasteiger partial charge in [0.25, 0.3) is 0 Å². The number of pyridine rings is 1. The van der Waals surface area contributed by atoms with Gasteiger partial charge in [-0.15, -0.1) is 17.0 Å². The minimum Gasteiger partial charge on any atom is -0.495 e. The Morgan fingerprint density at radius 3 is 2.88 bits per heavy atom. The Bertz CT molecular complexity index is 885. The molecule has 0 aliphatic carbocycles. The molecule has 0 bridgehead atoms. The molecule has 0 aliphatic rings. The van der Waals surface area contributed by atoms with Crippen LogP contribution in [0.2, 0.25) is 5.02 Å².